The molecule has 0 unspecified atom stereocenters. The number of fused-ring (bicyclic) bond motifs is 1. The lowest BCUT2D eigenvalue weighted by Gasteiger charge is -2.31. The highest BCUT2D eigenvalue weighted by Gasteiger charge is 2.22. The van der Waals surface area contributed by atoms with Crippen molar-refractivity contribution in [3.63, 3.8) is 0 Å². The first kappa shape index (κ1) is 21.8. The van der Waals surface area contributed by atoms with Crippen molar-refractivity contribution in [2.75, 3.05) is 38.1 Å². The number of rotatable bonds is 4. The highest BCUT2D eigenvalue weighted by atomic mass is 127. The molecule has 2 aromatic carbocycles. The summed E-state index contributed by atoms with van der Waals surface area (Å²) in [6, 6.07) is 12.0. The van der Waals surface area contributed by atoms with Gasteiger partial charge in [0.25, 0.3) is 0 Å². The third-order valence-electron chi connectivity index (χ3n) is 5.77. The van der Waals surface area contributed by atoms with E-state index in [0.717, 1.165) is 67.0 Å². The molecule has 3 heterocycles. The Labute approximate surface area is 208 Å². The minimum atomic E-state index is 0.0850. The number of piperazine rings is 1. The Bertz CT molecular complexity index is 1330. The molecule has 3 aromatic rings. The van der Waals surface area contributed by atoms with Crippen molar-refractivity contribution in [2.24, 2.45) is 10.2 Å². The first-order chi connectivity index (χ1) is 15.5. The van der Waals surface area contributed by atoms with E-state index in [9.17, 15) is 5.11 Å². The van der Waals surface area contributed by atoms with Crippen LogP contribution in [-0.2, 0) is 6.42 Å². The van der Waals surface area contributed by atoms with Gasteiger partial charge in [-0.25, -0.2) is 0 Å². The number of aromatic nitrogens is 1. The second kappa shape index (κ2) is 9.09. The SMILES string of the molecule is CN1CCN(c2nc(O)c(C(Cc3ccc(Cl)cc3I)=c3ccc4c(c3)C=NN=4)s2)CC1. The summed E-state index contributed by atoms with van der Waals surface area (Å²) < 4.78 is 1.09. The number of likely N-dealkylation sites (N-methyl/N-ethyl adjacent to an activating group) is 1. The molecular weight excluding hydrogens is 557 g/mol. The number of hydrogen-bond acceptors (Lipinski definition) is 7. The number of anilines is 1. The van der Waals surface area contributed by atoms with Gasteiger partial charge >= 0.3 is 0 Å². The van der Waals surface area contributed by atoms with Crippen molar-refractivity contribution < 1.29 is 5.11 Å². The first-order valence-electron chi connectivity index (χ1n) is 10.3. The van der Waals surface area contributed by atoms with Gasteiger partial charge in [-0.15, -0.1) is 0 Å². The fourth-order valence-corrected chi connectivity index (χ4v) is 6.03. The molecule has 9 heteroatoms. The molecule has 2 aliphatic rings. The fourth-order valence-electron chi connectivity index (χ4n) is 3.89. The van der Waals surface area contributed by atoms with E-state index in [4.69, 9.17) is 11.6 Å². The zero-order valence-electron chi connectivity index (χ0n) is 17.4. The molecule has 6 nitrogen and oxygen atoms in total. The van der Waals surface area contributed by atoms with E-state index in [0.29, 0.717) is 11.4 Å². The molecule has 0 spiro atoms. The van der Waals surface area contributed by atoms with Crippen LogP contribution in [0.3, 0.4) is 0 Å². The molecule has 1 N–H and O–H groups in total. The Hall–Kier alpha value is -2.01. The summed E-state index contributed by atoms with van der Waals surface area (Å²) in [5, 5.41) is 22.5. The van der Waals surface area contributed by atoms with Gasteiger partial charge in [0.05, 0.1) is 16.4 Å². The zero-order chi connectivity index (χ0) is 22.2. The van der Waals surface area contributed by atoms with E-state index in [-0.39, 0.29) is 5.88 Å². The van der Waals surface area contributed by atoms with Crippen LogP contribution < -0.4 is 15.5 Å². The van der Waals surface area contributed by atoms with Crippen LogP contribution in [0.2, 0.25) is 5.02 Å². The van der Waals surface area contributed by atoms with Crippen LogP contribution in [-0.4, -0.2) is 54.4 Å². The highest BCUT2D eigenvalue weighted by molar-refractivity contribution is 14.1. The molecule has 0 amide bonds. The van der Waals surface area contributed by atoms with Gasteiger partial charge in [-0.1, -0.05) is 35.1 Å². The molecule has 0 radical (unpaired) electrons. The highest BCUT2D eigenvalue weighted by Crippen LogP contribution is 2.37. The monoisotopic (exact) mass is 577 g/mol. The zero-order valence-corrected chi connectivity index (χ0v) is 21.2. The molecular formula is C23H21ClIN5OS. The second-order valence-electron chi connectivity index (χ2n) is 7.95. The maximum Gasteiger partial charge on any atom is 0.231 e. The maximum absolute atomic E-state index is 10.9. The normalized spacial score (nSPS) is 16.8. The minimum Gasteiger partial charge on any atom is -0.492 e. The van der Waals surface area contributed by atoms with E-state index in [1.165, 1.54) is 0 Å². The lowest BCUT2D eigenvalue weighted by atomic mass is 10.0. The Morgan fingerprint density at radius 1 is 1.16 bits per heavy atom. The van der Waals surface area contributed by atoms with Crippen molar-refractivity contribution in [3.8, 4) is 5.88 Å². The minimum absolute atomic E-state index is 0.0850. The Balaban J connectivity index is 1.62. The first-order valence-corrected chi connectivity index (χ1v) is 12.6. The predicted molar refractivity (Wildman–Crippen MR) is 139 cm³/mol. The second-order valence-corrected chi connectivity index (χ2v) is 10.5. The fraction of sp³-hybridized carbons (Fsp3) is 0.261. The molecule has 0 saturated carbocycles. The number of nitrogens with zero attached hydrogens (tertiary/aromatic N) is 5. The van der Waals surface area contributed by atoms with Gasteiger partial charge in [-0.05, 0) is 70.3 Å². The van der Waals surface area contributed by atoms with Gasteiger partial charge in [-0.3, -0.25) is 0 Å². The third kappa shape index (κ3) is 4.41. The van der Waals surface area contributed by atoms with Crippen LogP contribution in [0.15, 0.2) is 46.6 Å². The summed E-state index contributed by atoms with van der Waals surface area (Å²) in [5.74, 6) is 0.0850. The molecule has 0 bridgehead atoms. The maximum atomic E-state index is 10.9. The van der Waals surface area contributed by atoms with Crippen molar-refractivity contribution in [1.29, 1.82) is 0 Å². The summed E-state index contributed by atoms with van der Waals surface area (Å²) >= 11 is 10.1. The molecule has 0 atom stereocenters. The van der Waals surface area contributed by atoms with Gasteiger partial charge in [0.2, 0.25) is 5.88 Å². The van der Waals surface area contributed by atoms with Gasteiger partial charge in [0.1, 0.15) is 0 Å². The van der Waals surface area contributed by atoms with Crippen LogP contribution >= 0.6 is 45.5 Å². The van der Waals surface area contributed by atoms with E-state index < -0.39 is 0 Å². The van der Waals surface area contributed by atoms with Crippen LogP contribution in [0, 0.1) is 3.57 Å². The largest absolute Gasteiger partial charge is 0.492 e. The summed E-state index contributed by atoms with van der Waals surface area (Å²) in [5.41, 5.74) is 3.16. The van der Waals surface area contributed by atoms with Crippen LogP contribution in [0.1, 0.15) is 16.0 Å². The topological polar surface area (TPSA) is 64.3 Å². The van der Waals surface area contributed by atoms with Gasteiger partial charge in [-0.2, -0.15) is 15.2 Å². The van der Waals surface area contributed by atoms with Crippen LogP contribution in [0.25, 0.3) is 5.57 Å². The number of hydrogen-bond donors (Lipinski definition) is 1. The molecule has 164 valence electrons. The number of benzene rings is 2. The number of thiazole rings is 1. The Morgan fingerprint density at radius 3 is 2.75 bits per heavy atom. The lowest BCUT2D eigenvalue weighted by molar-refractivity contribution is 0.312. The molecule has 1 saturated heterocycles. The summed E-state index contributed by atoms with van der Waals surface area (Å²) in [6.07, 6.45) is 2.42. The van der Waals surface area contributed by atoms with Gasteiger partial charge < -0.3 is 14.9 Å². The summed E-state index contributed by atoms with van der Waals surface area (Å²) in [4.78, 5) is 9.91. The van der Waals surface area contributed by atoms with E-state index in [1.54, 1.807) is 17.6 Å². The summed E-state index contributed by atoms with van der Waals surface area (Å²) in [6.45, 7) is 3.79. The smallest absolute Gasteiger partial charge is 0.231 e. The van der Waals surface area contributed by atoms with Crippen molar-refractivity contribution in [2.45, 2.75) is 6.42 Å². The molecule has 1 fully saturated rings. The van der Waals surface area contributed by atoms with E-state index in [1.807, 2.05) is 30.3 Å². The Morgan fingerprint density at radius 2 is 1.97 bits per heavy atom. The van der Waals surface area contributed by atoms with Crippen molar-refractivity contribution in [3.05, 3.63) is 71.6 Å². The molecule has 0 aliphatic carbocycles. The predicted octanol–water partition coefficient (Wildman–Crippen LogP) is 3.27. The standard InChI is InChI=1S/C23H21ClIN5OS/c1-29-6-8-30(9-7-29)23-27-22(31)21(32-23)18(11-15-2-4-17(24)12-19(15)25)14-3-5-20-16(10-14)13-26-28-20/h2-5,10,12-13,31H,6-9,11H2,1H3. The molecule has 2 aliphatic heterocycles. The third-order valence-corrected chi connectivity index (χ3v) is 8.17. The molecule has 5 rings (SSSR count). The Kier molecular flexibility index (Phi) is 6.20. The lowest BCUT2D eigenvalue weighted by Crippen LogP contribution is -2.44. The molecule has 1 aromatic heterocycles. The van der Waals surface area contributed by atoms with Crippen molar-refractivity contribution in [1.82, 2.24) is 9.88 Å². The molecule has 32 heavy (non-hydrogen) atoms. The average molecular weight is 578 g/mol. The number of halogens is 2. The van der Waals surface area contributed by atoms with Gasteiger partial charge in [0.15, 0.2) is 5.13 Å². The summed E-state index contributed by atoms with van der Waals surface area (Å²) in [7, 11) is 2.13. The quantitative estimate of drug-likeness (QED) is 0.484. The number of aromatic hydroxyl groups is 1. The van der Waals surface area contributed by atoms with Crippen LogP contribution in [0.4, 0.5) is 5.13 Å². The van der Waals surface area contributed by atoms with Gasteiger partial charge in [0, 0.05) is 46.8 Å². The van der Waals surface area contributed by atoms with E-state index in [2.05, 4.69) is 60.7 Å². The average Bonchev–Trinajstić information content (AvgIpc) is 3.40. The van der Waals surface area contributed by atoms with E-state index >= 15 is 0 Å². The van der Waals surface area contributed by atoms with Crippen LogP contribution in [0.5, 0.6) is 5.88 Å². The van der Waals surface area contributed by atoms with Crippen molar-refractivity contribution >= 4 is 62.4 Å².